The van der Waals surface area contributed by atoms with Gasteiger partial charge in [0.2, 0.25) is 0 Å². The highest BCUT2D eigenvalue weighted by molar-refractivity contribution is 9.09. The Bertz CT molecular complexity index is 1030. The van der Waals surface area contributed by atoms with Crippen LogP contribution < -0.4 is 4.90 Å². The Morgan fingerprint density at radius 1 is 0.667 bits per heavy atom. The van der Waals surface area contributed by atoms with Gasteiger partial charge in [0.15, 0.2) is 0 Å². The van der Waals surface area contributed by atoms with Crippen LogP contribution in [-0.4, -0.2) is 123 Å². The monoisotopic (exact) mass is 635 g/mol. The number of hydrogen-bond acceptors (Lipinski definition) is 7. The number of halogens is 2. The largest absolute Gasteiger partial charge is 0.380 e. The normalized spacial score (nSPS) is 19.3. The highest BCUT2D eigenvalue weighted by Gasteiger charge is 2.24. The van der Waals surface area contributed by atoms with Gasteiger partial charge in [-0.1, -0.05) is 51.4 Å². The maximum absolute atomic E-state index is 6.38. The summed E-state index contributed by atoms with van der Waals surface area (Å²) in [6, 6.07) is 15.0. The van der Waals surface area contributed by atoms with E-state index in [0.717, 1.165) is 82.2 Å². The summed E-state index contributed by atoms with van der Waals surface area (Å²) in [7, 11) is 0. The van der Waals surface area contributed by atoms with Gasteiger partial charge in [0.25, 0.3) is 0 Å². The second-order valence-electron chi connectivity index (χ2n) is 10.7. The molecule has 0 amide bonds. The minimum Gasteiger partial charge on any atom is -0.380 e. The first kappa shape index (κ1) is 29.6. The number of alkyl halides is 1. The zero-order valence-corrected chi connectivity index (χ0v) is 26.2. The SMILES string of the molecule is Clc1ccc2c(c1)N(CCCN1CCN(CCOCCCN3CCN(CCBr)CC3)CC1)c1ccccc1S2. The quantitative estimate of drug-likeness (QED) is 0.216. The summed E-state index contributed by atoms with van der Waals surface area (Å²) in [5, 5.41) is 1.88. The second kappa shape index (κ2) is 15.4. The van der Waals surface area contributed by atoms with Crippen LogP contribution in [0.1, 0.15) is 12.8 Å². The summed E-state index contributed by atoms with van der Waals surface area (Å²) in [6.45, 7) is 16.7. The fourth-order valence-corrected chi connectivity index (χ4v) is 7.52. The third kappa shape index (κ3) is 8.58. The van der Waals surface area contributed by atoms with Crippen LogP contribution in [-0.2, 0) is 4.74 Å². The van der Waals surface area contributed by atoms with Crippen LogP contribution in [0.2, 0.25) is 5.02 Å². The first-order valence-electron chi connectivity index (χ1n) is 14.6. The lowest BCUT2D eigenvalue weighted by Gasteiger charge is -2.36. The maximum Gasteiger partial charge on any atom is 0.0593 e. The van der Waals surface area contributed by atoms with Gasteiger partial charge in [0.1, 0.15) is 0 Å². The van der Waals surface area contributed by atoms with Crippen molar-refractivity contribution in [1.82, 2.24) is 19.6 Å². The topological polar surface area (TPSA) is 25.4 Å². The smallest absolute Gasteiger partial charge is 0.0593 e. The Labute approximate surface area is 252 Å². The van der Waals surface area contributed by atoms with Crippen LogP contribution in [0.25, 0.3) is 0 Å². The molecule has 3 aliphatic heterocycles. The molecule has 0 aromatic heterocycles. The van der Waals surface area contributed by atoms with Gasteiger partial charge in [-0.3, -0.25) is 9.80 Å². The Kier molecular flexibility index (Phi) is 11.7. The number of benzene rings is 2. The lowest BCUT2D eigenvalue weighted by molar-refractivity contribution is 0.0671. The second-order valence-corrected chi connectivity index (χ2v) is 13.0. The van der Waals surface area contributed by atoms with Crippen LogP contribution in [0.3, 0.4) is 0 Å². The molecule has 6 nitrogen and oxygen atoms in total. The lowest BCUT2D eigenvalue weighted by atomic mass is 10.2. The molecule has 0 bridgehead atoms. The number of anilines is 2. The van der Waals surface area contributed by atoms with Gasteiger partial charge in [0.05, 0.1) is 18.0 Å². The van der Waals surface area contributed by atoms with Crippen molar-refractivity contribution in [2.75, 3.05) is 109 Å². The molecule has 0 atom stereocenters. The highest BCUT2D eigenvalue weighted by atomic mass is 79.9. The Balaban J connectivity index is 0.949. The Morgan fingerprint density at radius 3 is 2.00 bits per heavy atom. The molecule has 0 N–H and O–H groups in total. The summed E-state index contributed by atoms with van der Waals surface area (Å²) in [5.74, 6) is 0. The van der Waals surface area contributed by atoms with Gasteiger partial charge >= 0.3 is 0 Å². The predicted octanol–water partition coefficient (Wildman–Crippen LogP) is 5.37. The zero-order chi connectivity index (χ0) is 26.9. The van der Waals surface area contributed by atoms with E-state index >= 15 is 0 Å². The van der Waals surface area contributed by atoms with E-state index in [9.17, 15) is 0 Å². The number of ether oxygens (including phenoxy) is 1. The number of nitrogens with zero attached hydrogens (tertiary/aromatic N) is 5. The summed E-state index contributed by atoms with van der Waals surface area (Å²) in [4.78, 5) is 15.4. The zero-order valence-electron chi connectivity index (χ0n) is 23.1. The van der Waals surface area contributed by atoms with Crippen molar-refractivity contribution in [3.05, 3.63) is 47.5 Å². The van der Waals surface area contributed by atoms with Crippen LogP contribution >= 0.6 is 39.3 Å². The van der Waals surface area contributed by atoms with Gasteiger partial charge < -0.3 is 19.4 Å². The molecule has 3 heterocycles. The minimum atomic E-state index is 0.804. The van der Waals surface area contributed by atoms with E-state index in [1.165, 1.54) is 60.4 Å². The molecular formula is C30H43BrClN5OS. The van der Waals surface area contributed by atoms with Crippen LogP contribution in [0.15, 0.2) is 52.3 Å². The number of piperazine rings is 2. The van der Waals surface area contributed by atoms with E-state index in [1.807, 2.05) is 17.8 Å². The summed E-state index contributed by atoms with van der Waals surface area (Å²) >= 11 is 11.8. The Hall–Kier alpha value is -0.840. The van der Waals surface area contributed by atoms with Crippen molar-refractivity contribution < 1.29 is 4.74 Å². The fraction of sp³-hybridized carbons (Fsp3) is 0.600. The standard InChI is InChI=1S/C30H43BrClN5OS/c31-9-13-35-18-14-34(15-19-35)11-4-23-38-24-22-36-20-16-33(17-21-36)10-3-12-37-27-5-1-2-6-29(27)39-30-8-7-26(32)25-28(30)37/h1-2,5-8,25H,3-4,9-24H2. The predicted molar refractivity (Wildman–Crippen MR) is 169 cm³/mol. The van der Waals surface area contributed by atoms with E-state index in [1.54, 1.807) is 0 Å². The number of fused-ring (bicyclic) bond motifs is 2. The molecular weight excluding hydrogens is 594 g/mol. The molecule has 39 heavy (non-hydrogen) atoms. The highest BCUT2D eigenvalue weighted by Crippen LogP contribution is 2.48. The van der Waals surface area contributed by atoms with E-state index in [0.29, 0.717) is 0 Å². The summed E-state index contributed by atoms with van der Waals surface area (Å²) < 4.78 is 6.00. The molecule has 0 saturated carbocycles. The van der Waals surface area contributed by atoms with Gasteiger partial charge in [-0.2, -0.15) is 0 Å². The van der Waals surface area contributed by atoms with Crippen molar-refractivity contribution >= 4 is 50.7 Å². The average Bonchev–Trinajstić information content (AvgIpc) is 2.96. The molecule has 2 aromatic carbocycles. The molecule has 0 radical (unpaired) electrons. The van der Waals surface area contributed by atoms with Crippen molar-refractivity contribution in [3.8, 4) is 0 Å². The molecule has 214 valence electrons. The average molecular weight is 637 g/mol. The minimum absolute atomic E-state index is 0.804. The van der Waals surface area contributed by atoms with Crippen LogP contribution in [0, 0.1) is 0 Å². The fourth-order valence-electron chi connectivity index (χ4n) is 5.77. The first-order chi connectivity index (χ1) is 19.2. The van der Waals surface area contributed by atoms with E-state index in [4.69, 9.17) is 16.3 Å². The lowest BCUT2D eigenvalue weighted by Crippen LogP contribution is -2.47. The molecule has 0 aliphatic carbocycles. The number of rotatable bonds is 13. The van der Waals surface area contributed by atoms with Crippen molar-refractivity contribution in [3.63, 3.8) is 0 Å². The third-order valence-corrected chi connectivity index (χ3v) is 9.81. The van der Waals surface area contributed by atoms with Crippen LogP contribution in [0.5, 0.6) is 0 Å². The van der Waals surface area contributed by atoms with Gasteiger partial charge in [-0.25, -0.2) is 0 Å². The van der Waals surface area contributed by atoms with Crippen molar-refractivity contribution in [2.45, 2.75) is 22.6 Å². The molecule has 2 saturated heterocycles. The first-order valence-corrected chi connectivity index (χ1v) is 16.9. The number of para-hydroxylation sites is 1. The molecule has 2 aromatic rings. The molecule has 2 fully saturated rings. The molecule has 3 aliphatic rings. The van der Waals surface area contributed by atoms with Crippen molar-refractivity contribution in [2.24, 2.45) is 0 Å². The summed E-state index contributed by atoms with van der Waals surface area (Å²) in [6.07, 6.45) is 2.28. The molecule has 0 spiro atoms. The van der Waals surface area contributed by atoms with E-state index < -0.39 is 0 Å². The van der Waals surface area contributed by atoms with E-state index in [-0.39, 0.29) is 0 Å². The van der Waals surface area contributed by atoms with Gasteiger partial charge in [-0.05, 0) is 49.7 Å². The summed E-state index contributed by atoms with van der Waals surface area (Å²) in [5.41, 5.74) is 2.54. The van der Waals surface area contributed by atoms with Crippen LogP contribution in [0.4, 0.5) is 11.4 Å². The maximum atomic E-state index is 6.38. The van der Waals surface area contributed by atoms with Crippen molar-refractivity contribution in [1.29, 1.82) is 0 Å². The molecule has 0 unspecified atom stereocenters. The Morgan fingerprint density at radius 2 is 1.28 bits per heavy atom. The number of hydrogen-bond donors (Lipinski definition) is 0. The van der Waals surface area contributed by atoms with Gasteiger partial charge in [0, 0.05) is 105 Å². The molecule has 9 heteroatoms. The molecule has 5 rings (SSSR count). The third-order valence-electron chi connectivity index (χ3n) is 8.09. The van der Waals surface area contributed by atoms with Gasteiger partial charge in [-0.15, -0.1) is 0 Å². The van der Waals surface area contributed by atoms with E-state index in [2.05, 4.69) is 76.8 Å².